The Kier molecular flexibility index (Phi) is 6.12. The van der Waals surface area contributed by atoms with Crippen LogP contribution in [-0.4, -0.2) is 47.6 Å². The number of piperidine rings is 1. The second-order valence-electron chi connectivity index (χ2n) is 5.75. The lowest BCUT2D eigenvalue weighted by molar-refractivity contribution is 0.175. The van der Waals surface area contributed by atoms with Crippen LogP contribution in [0.4, 0.5) is 4.79 Å². The zero-order valence-electron chi connectivity index (χ0n) is 13.8. The number of nitrogens with zero attached hydrogens (tertiary/aromatic N) is 3. The van der Waals surface area contributed by atoms with E-state index in [1.165, 1.54) is 0 Å². The molecule has 1 aliphatic heterocycles. The maximum absolute atomic E-state index is 12.0. The van der Waals surface area contributed by atoms with Crippen LogP contribution in [0.25, 0.3) is 0 Å². The van der Waals surface area contributed by atoms with Crippen molar-refractivity contribution in [3.05, 3.63) is 23.3 Å². The first-order chi connectivity index (χ1) is 10.7. The number of hydrogen-bond acceptors (Lipinski definition) is 4. The number of nitrogens with one attached hydrogen (secondary N) is 1. The molecule has 1 N–H and O–H groups in total. The molecule has 122 valence electrons. The fraction of sp³-hybridized carbons (Fsp3) is 0.688. The standard InChI is InChI=1S/C16H26N4O2/c1-4-7-17-16(21)20-8-5-13(6-9-20)15-14(11-22-3)10-18-12(2)19-15/h10,13H,4-9,11H2,1-3H3,(H,17,21). The molecule has 0 atom stereocenters. The number of hydrogen-bond donors (Lipinski definition) is 1. The van der Waals surface area contributed by atoms with E-state index in [1.807, 2.05) is 18.0 Å². The lowest BCUT2D eigenvalue weighted by Crippen LogP contribution is -2.44. The van der Waals surface area contributed by atoms with Crippen LogP contribution in [0.3, 0.4) is 0 Å². The molecule has 2 rings (SSSR count). The summed E-state index contributed by atoms with van der Waals surface area (Å²) in [6.07, 6.45) is 4.70. The third-order valence-electron chi connectivity index (χ3n) is 4.01. The third kappa shape index (κ3) is 4.16. The molecule has 0 unspecified atom stereocenters. The third-order valence-corrected chi connectivity index (χ3v) is 4.01. The van der Waals surface area contributed by atoms with Crippen LogP contribution in [0.1, 0.15) is 49.2 Å². The van der Waals surface area contributed by atoms with Gasteiger partial charge in [0.15, 0.2) is 0 Å². The first-order valence-electron chi connectivity index (χ1n) is 7.99. The van der Waals surface area contributed by atoms with Gasteiger partial charge in [-0.25, -0.2) is 14.8 Å². The van der Waals surface area contributed by atoms with Crippen molar-refractivity contribution in [1.29, 1.82) is 0 Å². The number of aryl methyl sites for hydroxylation is 1. The Morgan fingerprint density at radius 1 is 1.45 bits per heavy atom. The van der Waals surface area contributed by atoms with Gasteiger partial charge in [0.25, 0.3) is 0 Å². The molecular weight excluding hydrogens is 280 g/mol. The quantitative estimate of drug-likeness (QED) is 0.906. The van der Waals surface area contributed by atoms with E-state index >= 15 is 0 Å². The summed E-state index contributed by atoms with van der Waals surface area (Å²) in [5.41, 5.74) is 2.14. The number of likely N-dealkylation sites (tertiary alicyclic amines) is 1. The van der Waals surface area contributed by atoms with Crippen LogP contribution in [-0.2, 0) is 11.3 Å². The van der Waals surface area contributed by atoms with E-state index in [4.69, 9.17) is 4.74 Å². The second kappa shape index (κ2) is 8.08. The van der Waals surface area contributed by atoms with E-state index in [0.717, 1.165) is 56.0 Å². The van der Waals surface area contributed by atoms with Crippen LogP contribution in [0.5, 0.6) is 0 Å². The number of aromatic nitrogens is 2. The summed E-state index contributed by atoms with van der Waals surface area (Å²) < 4.78 is 5.25. The van der Waals surface area contributed by atoms with E-state index in [1.54, 1.807) is 7.11 Å². The molecule has 0 radical (unpaired) electrons. The Morgan fingerprint density at radius 3 is 2.82 bits per heavy atom. The molecule has 6 heteroatoms. The van der Waals surface area contributed by atoms with Gasteiger partial charge in [-0.05, 0) is 26.2 Å². The molecule has 0 bridgehead atoms. The van der Waals surface area contributed by atoms with Gasteiger partial charge in [-0.3, -0.25) is 0 Å². The van der Waals surface area contributed by atoms with Crippen molar-refractivity contribution in [2.45, 2.75) is 45.6 Å². The summed E-state index contributed by atoms with van der Waals surface area (Å²) in [7, 11) is 1.68. The van der Waals surface area contributed by atoms with Gasteiger partial charge >= 0.3 is 6.03 Å². The highest BCUT2D eigenvalue weighted by atomic mass is 16.5. The van der Waals surface area contributed by atoms with Gasteiger partial charge in [0.05, 0.1) is 12.3 Å². The number of rotatable bonds is 5. The van der Waals surface area contributed by atoms with E-state index in [2.05, 4.69) is 22.2 Å². The summed E-state index contributed by atoms with van der Waals surface area (Å²) in [6.45, 7) is 6.79. The first-order valence-corrected chi connectivity index (χ1v) is 7.99. The predicted octanol–water partition coefficient (Wildman–Crippen LogP) is 2.23. The van der Waals surface area contributed by atoms with Crippen molar-refractivity contribution in [2.75, 3.05) is 26.7 Å². The Balaban J connectivity index is 1.99. The molecule has 0 saturated carbocycles. The minimum atomic E-state index is 0.0521. The van der Waals surface area contributed by atoms with E-state index in [-0.39, 0.29) is 6.03 Å². The Hall–Kier alpha value is -1.69. The topological polar surface area (TPSA) is 67.4 Å². The molecule has 1 saturated heterocycles. The number of amides is 2. The lowest BCUT2D eigenvalue weighted by Gasteiger charge is -2.32. The van der Waals surface area contributed by atoms with Crippen molar-refractivity contribution >= 4 is 6.03 Å². The molecule has 0 aromatic carbocycles. The summed E-state index contributed by atoms with van der Waals surface area (Å²) in [6, 6.07) is 0.0521. The van der Waals surface area contributed by atoms with Crippen LogP contribution in [0, 0.1) is 6.92 Å². The highest BCUT2D eigenvalue weighted by Gasteiger charge is 2.26. The zero-order valence-corrected chi connectivity index (χ0v) is 13.8. The molecule has 1 aromatic heterocycles. The lowest BCUT2D eigenvalue weighted by atomic mass is 9.91. The SMILES string of the molecule is CCCNC(=O)N1CCC(c2nc(C)ncc2COC)CC1. The molecule has 2 heterocycles. The molecule has 1 aliphatic rings. The van der Waals surface area contributed by atoms with Gasteiger partial charge < -0.3 is 15.0 Å². The normalized spacial score (nSPS) is 15.9. The van der Waals surface area contributed by atoms with Crippen molar-refractivity contribution in [1.82, 2.24) is 20.2 Å². The molecule has 0 aliphatic carbocycles. The smallest absolute Gasteiger partial charge is 0.317 e. The van der Waals surface area contributed by atoms with E-state index in [9.17, 15) is 4.79 Å². The molecular formula is C16H26N4O2. The minimum absolute atomic E-state index is 0.0521. The van der Waals surface area contributed by atoms with Gasteiger partial charge in [-0.2, -0.15) is 0 Å². The number of urea groups is 1. The summed E-state index contributed by atoms with van der Waals surface area (Å²) in [5.74, 6) is 1.17. The fourth-order valence-electron chi connectivity index (χ4n) is 2.83. The van der Waals surface area contributed by atoms with Gasteiger partial charge in [0.2, 0.25) is 0 Å². The largest absolute Gasteiger partial charge is 0.380 e. The van der Waals surface area contributed by atoms with Crippen molar-refractivity contribution in [3.8, 4) is 0 Å². The summed E-state index contributed by atoms with van der Waals surface area (Å²) in [4.78, 5) is 22.8. The Labute approximate surface area is 132 Å². The molecule has 22 heavy (non-hydrogen) atoms. The highest BCUT2D eigenvalue weighted by Crippen LogP contribution is 2.29. The Morgan fingerprint density at radius 2 is 2.18 bits per heavy atom. The van der Waals surface area contributed by atoms with Gasteiger partial charge in [-0.15, -0.1) is 0 Å². The molecule has 2 amide bonds. The molecule has 0 spiro atoms. The maximum atomic E-state index is 12.0. The van der Waals surface area contributed by atoms with Crippen molar-refractivity contribution in [3.63, 3.8) is 0 Å². The Bertz CT molecular complexity index is 499. The molecule has 1 fully saturated rings. The maximum Gasteiger partial charge on any atom is 0.317 e. The van der Waals surface area contributed by atoms with Crippen LogP contribution in [0.2, 0.25) is 0 Å². The fourth-order valence-corrected chi connectivity index (χ4v) is 2.83. The zero-order chi connectivity index (χ0) is 15.9. The van der Waals surface area contributed by atoms with Crippen LogP contribution < -0.4 is 5.32 Å². The molecule has 1 aromatic rings. The van der Waals surface area contributed by atoms with Crippen LogP contribution >= 0.6 is 0 Å². The number of methoxy groups -OCH3 is 1. The average Bonchev–Trinajstić information content (AvgIpc) is 2.54. The summed E-state index contributed by atoms with van der Waals surface area (Å²) in [5, 5.41) is 2.94. The van der Waals surface area contributed by atoms with E-state index < -0.39 is 0 Å². The van der Waals surface area contributed by atoms with E-state index in [0.29, 0.717) is 12.5 Å². The van der Waals surface area contributed by atoms with Crippen molar-refractivity contribution in [2.24, 2.45) is 0 Å². The monoisotopic (exact) mass is 306 g/mol. The predicted molar refractivity (Wildman–Crippen MR) is 84.7 cm³/mol. The number of carbonyl (C=O) groups is 1. The van der Waals surface area contributed by atoms with Crippen molar-refractivity contribution < 1.29 is 9.53 Å². The molecule has 6 nitrogen and oxygen atoms in total. The van der Waals surface area contributed by atoms with Gasteiger partial charge in [0, 0.05) is 44.4 Å². The number of ether oxygens (including phenoxy) is 1. The van der Waals surface area contributed by atoms with Crippen LogP contribution in [0.15, 0.2) is 6.20 Å². The minimum Gasteiger partial charge on any atom is -0.380 e. The first kappa shape index (κ1) is 16.7. The summed E-state index contributed by atoms with van der Waals surface area (Å²) >= 11 is 0. The average molecular weight is 306 g/mol. The van der Waals surface area contributed by atoms with Gasteiger partial charge in [-0.1, -0.05) is 6.92 Å². The second-order valence-corrected chi connectivity index (χ2v) is 5.75. The van der Waals surface area contributed by atoms with Gasteiger partial charge in [0.1, 0.15) is 5.82 Å². The number of carbonyl (C=O) groups excluding carboxylic acids is 1. The highest BCUT2D eigenvalue weighted by molar-refractivity contribution is 5.74.